The Kier molecular flexibility index (Phi) is 129. The van der Waals surface area contributed by atoms with E-state index in [2.05, 4.69) is 0 Å². The van der Waals surface area contributed by atoms with Crippen LogP contribution in [0.2, 0.25) is 0 Å². The van der Waals surface area contributed by atoms with E-state index in [1.807, 2.05) is 0 Å². The first-order chi connectivity index (χ1) is 0. The SMILES string of the molecule is [AlH3].[MgH2].[Mn].[Zr]. The standard InChI is InChI=1S/Al.Mg.Mn.Zr.5H. The summed E-state index contributed by atoms with van der Waals surface area (Å²) in [6.45, 7) is 0. The normalized spacial score (nSPS) is 0. The fourth-order valence-corrected chi connectivity index (χ4v) is 0. The van der Waals surface area contributed by atoms with Gasteiger partial charge in [0.05, 0.1) is 0 Å². The van der Waals surface area contributed by atoms with Crippen LogP contribution in [0.1, 0.15) is 0 Å². The third kappa shape index (κ3) is 8.83. The van der Waals surface area contributed by atoms with Crippen LogP contribution in [0.4, 0.5) is 0 Å². The Balaban J connectivity index is 0. The summed E-state index contributed by atoms with van der Waals surface area (Å²) in [5, 5.41) is 0. The molecule has 0 atom stereocenters. The van der Waals surface area contributed by atoms with Crippen LogP contribution in [0.15, 0.2) is 0 Å². The van der Waals surface area contributed by atoms with Crippen molar-refractivity contribution in [2.45, 2.75) is 0 Å². The zero-order valence-corrected chi connectivity index (χ0v) is 4.52. The van der Waals surface area contributed by atoms with Crippen molar-refractivity contribution in [3.63, 3.8) is 0 Å². The van der Waals surface area contributed by atoms with Crippen molar-refractivity contribution >= 4 is 40.4 Å². The first-order valence-electron chi connectivity index (χ1n) is 0. The Bertz CT molecular complexity index is 8.00. The van der Waals surface area contributed by atoms with Gasteiger partial charge in [-0.3, -0.25) is 0 Å². The maximum Gasteiger partial charge on any atom is 0.316 e. The molecule has 21 valence electrons. The molecule has 0 nitrogen and oxygen atoms in total. The van der Waals surface area contributed by atoms with Gasteiger partial charge in [-0.05, 0) is 0 Å². The smallest absolute Gasteiger partial charge is 0 e. The first-order valence-corrected chi connectivity index (χ1v) is 0. The van der Waals surface area contributed by atoms with E-state index in [9.17, 15) is 0 Å². The second-order valence-electron chi connectivity index (χ2n) is 0. The maximum atomic E-state index is 0. The molecule has 0 saturated carbocycles. The maximum absolute atomic E-state index is 0. The van der Waals surface area contributed by atoms with Gasteiger partial charge in [-0.15, -0.1) is 0 Å². The largest absolute Gasteiger partial charge is 0.316 e. The number of hydrogen-bond acceptors (Lipinski definition) is 0. The summed E-state index contributed by atoms with van der Waals surface area (Å²) in [7, 11) is 0. The van der Waals surface area contributed by atoms with E-state index in [-0.39, 0.29) is 83.7 Å². The van der Waals surface area contributed by atoms with Crippen molar-refractivity contribution in [2.75, 3.05) is 0 Å². The Morgan fingerprint density at radius 3 is 1.00 bits per heavy atom. The zero-order valence-electron chi connectivity index (χ0n) is 0.878. The van der Waals surface area contributed by atoms with Gasteiger partial charge in [-0.2, -0.15) is 0 Å². The molecular weight excluding hydrogens is 197 g/mol. The molecule has 0 aromatic rings. The van der Waals surface area contributed by atoms with Crippen LogP contribution >= 0.6 is 0 Å². The monoisotopic (exact) mass is 201 g/mol. The predicted octanol–water partition coefficient (Wildman–Crippen LogP) is -2.11. The van der Waals surface area contributed by atoms with Gasteiger partial charge in [0.15, 0.2) is 17.4 Å². The van der Waals surface area contributed by atoms with Crippen LogP contribution in [0, 0.1) is 0 Å². The van der Waals surface area contributed by atoms with Gasteiger partial charge in [0.25, 0.3) is 0 Å². The minimum absolute atomic E-state index is 0. The molecule has 0 spiro atoms. The minimum atomic E-state index is 0. The third-order valence-corrected chi connectivity index (χ3v) is 0. The molecule has 0 aliphatic rings. The first kappa shape index (κ1) is 29.9. The summed E-state index contributed by atoms with van der Waals surface area (Å²) in [5.41, 5.74) is 0. The van der Waals surface area contributed by atoms with Crippen molar-refractivity contribution < 1.29 is 43.3 Å². The summed E-state index contributed by atoms with van der Waals surface area (Å²) in [5.74, 6) is 0. The van der Waals surface area contributed by atoms with Crippen LogP contribution < -0.4 is 0 Å². The molecule has 0 fully saturated rings. The minimum Gasteiger partial charge on any atom is 0 e. The van der Waals surface area contributed by atoms with Gasteiger partial charge in [0, 0.05) is 43.3 Å². The quantitative estimate of drug-likeness (QED) is 0.395. The Morgan fingerprint density at radius 1 is 1.00 bits per heavy atom. The van der Waals surface area contributed by atoms with Crippen molar-refractivity contribution in [1.29, 1.82) is 0 Å². The molecule has 0 rings (SSSR count). The molecule has 4 heavy (non-hydrogen) atoms. The fourth-order valence-electron chi connectivity index (χ4n) is 0. The second-order valence-corrected chi connectivity index (χ2v) is 0. The zero-order chi connectivity index (χ0) is 0. The molecular formula is H5AlMgMnZr. The van der Waals surface area contributed by atoms with Crippen LogP contribution in [0.3, 0.4) is 0 Å². The van der Waals surface area contributed by atoms with Gasteiger partial charge >= 0.3 is 23.1 Å². The molecule has 0 heterocycles. The van der Waals surface area contributed by atoms with E-state index in [4.69, 9.17) is 0 Å². The number of rotatable bonds is 0. The van der Waals surface area contributed by atoms with E-state index in [1.165, 1.54) is 0 Å². The molecule has 0 bridgehead atoms. The third-order valence-electron chi connectivity index (χ3n) is 0. The topological polar surface area (TPSA) is 0 Å². The van der Waals surface area contributed by atoms with Gasteiger partial charge in [0.2, 0.25) is 0 Å². The fraction of sp³-hybridized carbons (Fsp3) is 0. The molecule has 0 aliphatic carbocycles. The van der Waals surface area contributed by atoms with E-state index >= 15 is 0 Å². The van der Waals surface area contributed by atoms with Crippen molar-refractivity contribution in [3.05, 3.63) is 0 Å². The van der Waals surface area contributed by atoms with E-state index < -0.39 is 0 Å². The van der Waals surface area contributed by atoms with Gasteiger partial charge < -0.3 is 0 Å². The van der Waals surface area contributed by atoms with Crippen LogP contribution in [0.5, 0.6) is 0 Å². The van der Waals surface area contributed by atoms with E-state index in [1.54, 1.807) is 0 Å². The molecule has 0 saturated heterocycles. The molecule has 1 radical (unpaired) electrons. The van der Waals surface area contributed by atoms with E-state index in [0.29, 0.717) is 0 Å². The van der Waals surface area contributed by atoms with Crippen LogP contribution in [0.25, 0.3) is 0 Å². The Hall–Kier alpha value is 2.70. The van der Waals surface area contributed by atoms with Crippen molar-refractivity contribution in [3.8, 4) is 0 Å². The summed E-state index contributed by atoms with van der Waals surface area (Å²) < 4.78 is 0. The number of hydrogen-bond donors (Lipinski definition) is 0. The average Bonchev–Trinajstić information content (AvgIpc) is 0. The molecule has 4 heteroatoms. The molecule has 0 unspecified atom stereocenters. The second kappa shape index (κ2) is 17.3. The van der Waals surface area contributed by atoms with Crippen molar-refractivity contribution in [2.24, 2.45) is 0 Å². The predicted molar refractivity (Wildman–Crippen MR) is 18.5 cm³/mol. The summed E-state index contributed by atoms with van der Waals surface area (Å²) in [6, 6.07) is 0. The summed E-state index contributed by atoms with van der Waals surface area (Å²) >= 11 is 0. The molecule has 0 amide bonds. The molecule has 0 N–H and O–H groups in total. The Morgan fingerprint density at radius 2 is 1.00 bits per heavy atom. The molecule has 0 aliphatic heterocycles. The average molecular weight is 202 g/mol. The van der Waals surface area contributed by atoms with Crippen molar-refractivity contribution in [1.82, 2.24) is 0 Å². The van der Waals surface area contributed by atoms with Gasteiger partial charge in [0.1, 0.15) is 0 Å². The van der Waals surface area contributed by atoms with Crippen LogP contribution in [-0.4, -0.2) is 40.4 Å². The summed E-state index contributed by atoms with van der Waals surface area (Å²) in [4.78, 5) is 0. The van der Waals surface area contributed by atoms with Gasteiger partial charge in [-0.1, -0.05) is 0 Å². The Labute approximate surface area is 82.4 Å². The molecule has 0 aromatic carbocycles. The summed E-state index contributed by atoms with van der Waals surface area (Å²) in [6.07, 6.45) is 0. The van der Waals surface area contributed by atoms with E-state index in [0.717, 1.165) is 0 Å². The molecule has 0 aromatic heterocycles. The van der Waals surface area contributed by atoms with Crippen LogP contribution in [-0.2, 0) is 43.3 Å². The van der Waals surface area contributed by atoms with Gasteiger partial charge in [-0.25, -0.2) is 0 Å².